The lowest BCUT2D eigenvalue weighted by Crippen LogP contribution is -2.23. The minimum Gasteiger partial charge on any atom is -0.465 e. The van der Waals surface area contributed by atoms with Crippen molar-refractivity contribution in [3.05, 3.63) is 57.8 Å². The van der Waals surface area contributed by atoms with Crippen LogP contribution in [-0.4, -0.2) is 24.0 Å². The number of halogens is 1. The Morgan fingerprint density at radius 2 is 2.00 bits per heavy atom. The Labute approximate surface area is 124 Å². The fraction of sp³-hybridized carbons (Fsp3) is 0.143. The summed E-state index contributed by atoms with van der Waals surface area (Å²) in [6.45, 7) is 0.386. The number of ether oxygens (including phenoxy) is 1. The molecule has 2 rings (SSSR count). The monoisotopic (exact) mass is 336 g/mol. The van der Waals surface area contributed by atoms with Crippen LogP contribution < -0.4 is 5.32 Å². The predicted molar refractivity (Wildman–Crippen MR) is 77.4 cm³/mol. The van der Waals surface area contributed by atoms with Crippen LogP contribution in [0.5, 0.6) is 0 Å². The molecule has 1 heterocycles. The summed E-state index contributed by atoms with van der Waals surface area (Å²) in [5.41, 5.74) is 1.87. The Morgan fingerprint density at radius 3 is 2.55 bits per heavy atom. The van der Waals surface area contributed by atoms with Crippen molar-refractivity contribution in [2.45, 2.75) is 6.54 Å². The van der Waals surface area contributed by atoms with E-state index in [0.29, 0.717) is 17.8 Å². The molecule has 1 amide bonds. The average Bonchev–Trinajstić information content (AvgIpc) is 2.91. The molecule has 0 radical (unpaired) electrons. The summed E-state index contributed by atoms with van der Waals surface area (Å²) in [6, 6.07) is 8.58. The molecular formula is C14H13BrN2O3. The number of hydrogen-bond donors (Lipinski definition) is 2. The van der Waals surface area contributed by atoms with Gasteiger partial charge in [-0.1, -0.05) is 12.1 Å². The van der Waals surface area contributed by atoms with Gasteiger partial charge in [0.2, 0.25) is 0 Å². The third-order valence-electron chi connectivity index (χ3n) is 2.72. The molecule has 0 atom stereocenters. The lowest BCUT2D eigenvalue weighted by atomic mass is 10.1. The minimum absolute atomic E-state index is 0.187. The highest BCUT2D eigenvalue weighted by Crippen LogP contribution is 2.11. The summed E-state index contributed by atoms with van der Waals surface area (Å²) in [7, 11) is 1.34. The third-order valence-corrected chi connectivity index (χ3v) is 3.18. The molecule has 0 saturated heterocycles. The molecule has 0 spiro atoms. The Bertz CT molecular complexity index is 620. The van der Waals surface area contributed by atoms with Gasteiger partial charge < -0.3 is 15.0 Å². The first-order valence-electron chi connectivity index (χ1n) is 5.89. The highest BCUT2D eigenvalue weighted by atomic mass is 79.9. The molecule has 0 bridgehead atoms. The van der Waals surface area contributed by atoms with Gasteiger partial charge in [-0.2, -0.15) is 0 Å². The number of rotatable bonds is 4. The smallest absolute Gasteiger partial charge is 0.337 e. The molecule has 0 fully saturated rings. The Morgan fingerprint density at radius 1 is 1.30 bits per heavy atom. The number of esters is 1. The lowest BCUT2D eigenvalue weighted by Gasteiger charge is -2.05. The maximum absolute atomic E-state index is 11.8. The zero-order valence-electron chi connectivity index (χ0n) is 10.8. The third kappa shape index (κ3) is 3.48. The molecule has 0 saturated carbocycles. The van der Waals surface area contributed by atoms with Crippen molar-refractivity contribution in [2.75, 3.05) is 7.11 Å². The van der Waals surface area contributed by atoms with Crippen LogP contribution in [0.15, 0.2) is 41.0 Å². The van der Waals surface area contributed by atoms with E-state index in [2.05, 4.69) is 31.0 Å². The highest BCUT2D eigenvalue weighted by molar-refractivity contribution is 9.10. The average molecular weight is 337 g/mol. The number of benzene rings is 1. The van der Waals surface area contributed by atoms with Gasteiger partial charge in [0.15, 0.2) is 0 Å². The molecule has 0 aliphatic rings. The van der Waals surface area contributed by atoms with E-state index >= 15 is 0 Å². The first-order chi connectivity index (χ1) is 9.60. The standard InChI is InChI=1S/C14H13BrN2O3/c1-20-14(19)10-4-2-9(3-5-10)7-17-13(18)12-6-11(15)8-16-12/h2-6,8,16H,7H2,1H3,(H,17,18). The summed E-state index contributed by atoms with van der Waals surface area (Å²) in [5, 5.41) is 2.78. The first kappa shape index (κ1) is 14.3. The van der Waals surface area contributed by atoms with E-state index in [1.807, 2.05) is 0 Å². The fourth-order valence-corrected chi connectivity index (χ4v) is 2.00. The zero-order valence-corrected chi connectivity index (χ0v) is 12.4. The Kier molecular flexibility index (Phi) is 4.57. The topological polar surface area (TPSA) is 71.2 Å². The van der Waals surface area contributed by atoms with Gasteiger partial charge in [0.05, 0.1) is 12.7 Å². The van der Waals surface area contributed by atoms with Gasteiger partial charge in [-0.3, -0.25) is 4.79 Å². The molecule has 0 unspecified atom stereocenters. The number of aromatic nitrogens is 1. The number of H-pyrrole nitrogens is 1. The van der Waals surface area contributed by atoms with Crippen molar-refractivity contribution < 1.29 is 14.3 Å². The zero-order chi connectivity index (χ0) is 14.5. The fourth-order valence-electron chi connectivity index (χ4n) is 1.65. The normalized spacial score (nSPS) is 10.1. The van der Waals surface area contributed by atoms with E-state index < -0.39 is 0 Å². The number of hydrogen-bond acceptors (Lipinski definition) is 3. The van der Waals surface area contributed by atoms with Gasteiger partial charge in [0.25, 0.3) is 5.91 Å². The van der Waals surface area contributed by atoms with E-state index in [0.717, 1.165) is 10.0 Å². The number of carbonyl (C=O) groups excluding carboxylic acids is 2. The van der Waals surface area contributed by atoms with E-state index in [-0.39, 0.29) is 11.9 Å². The number of carbonyl (C=O) groups is 2. The first-order valence-corrected chi connectivity index (χ1v) is 6.69. The van der Waals surface area contributed by atoms with Crippen molar-refractivity contribution in [3.8, 4) is 0 Å². The van der Waals surface area contributed by atoms with Crippen LogP contribution in [0.1, 0.15) is 26.4 Å². The van der Waals surface area contributed by atoms with Crippen molar-refractivity contribution >= 4 is 27.8 Å². The van der Waals surface area contributed by atoms with Crippen molar-refractivity contribution in [2.24, 2.45) is 0 Å². The molecule has 0 aliphatic carbocycles. The molecule has 1 aromatic carbocycles. The van der Waals surface area contributed by atoms with Crippen LogP contribution in [-0.2, 0) is 11.3 Å². The Hall–Kier alpha value is -2.08. The molecule has 5 nitrogen and oxygen atoms in total. The SMILES string of the molecule is COC(=O)c1ccc(CNC(=O)c2cc(Br)c[nH]2)cc1. The van der Waals surface area contributed by atoms with Gasteiger partial charge in [-0.05, 0) is 39.7 Å². The van der Waals surface area contributed by atoms with Crippen LogP contribution in [0.4, 0.5) is 0 Å². The summed E-state index contributed by atoms with van der Waals surface area (Å²) < 4.78 is 5.44. The number of methoxy groups -OCH3 is 1. The molecule has 20 heavy (non-hydrogen) atoms. The van der Waals surface area contributed by atoms with Crippen LogP contribution >= 0.6 is 15.9 Å². The summed E-state index contributed by atoms with van der Waals surface area (Å²) >= 11 is 3.27. The van der Waals surface area contributed by atoms with Crippen molar-refractivity contribution in [1.82, 2.24) is 10.3 Å². The van der Waals surface area contributed by atoms with E-state index in [1.165, 1.54) is 7.11 Å². The second-order valence-corrected chi connectivity index (χ2v) is 5.02. The number of nitrogens with one attached hydrogen (secondary N) is 2. The van der Waals surface area contributed by atoms with Crippen LogP contribution in [0.2, 0.25) is 0 Å². The van der Waals surface area contributed by atoms with Gasteiger partial charge >= 0.3 is 5.97 Å². The summed E-state index contributed by atoms with van der Waals surface area (Å²) in [6.07, 6.45) is 1.69. The van der Waals surface area contributed by atoms with Crippen LogP contribution in [0, 0.1) is 0 Å². The molecule has 104 valence electrons. The number of amides is 1. The van der Waals surface area contributed by atoms with Gasteiger partial charge in [-0.15, -0.1) is 0 Å². The predicted octanol–water partition coefficient (Wildman–Crippen LogP) is 2.49. The molecule has 0 aliphatic heterocycles. The second kappa shape index (κ2) is 6.38. The van der Waals surface area contributed by atoms with Gasteiger partial charge in [0.1, 0.15) is 5.69 Å². The lowest BCUT2D eigenvalue weighted by molar-refractivity contribution is 0.0600. The van der Waals surface area contributed by atoms with E-state index in [4.69, 9.17) is 0 Å². The number of aromatic amines is 1. The van der Waals surface area contributed by atoms with E-state index in [9.17, 15) is 9.59 Å². The molecular weight excluding hydrogens is 324 g/mol. The largest absolute Gasteiger partial charge is 0.465 e. The summed E-state index contributed by atoms with van der Waals surface area (Å²) in [4.78, 5) is 25.9. The van der Waals surface area contributed by atoms with Gasteiger partial charge in [-0.25, -0.2) is 4.79 Å². The van der Waals surface area contributed by atoms with Crippen LogP contribution in [0.25, 0.3) is 0 Å². The van der Waals surface area contributed by atoms with E-state index in [1.54, 1.807) is 36.5 Å². The van der Waals surface area contributed by atoms with Crippen molar-refractivity contribution in [1.29, 1.82) is 0 Å². The quantitative estimate of drug-likeness (QED) is 0.842. The minimum atomic E-state index is -0.378. The molecule has 2 aromatic rings. The van der Waals surface area contributed by atoms with Gasteiger partial charge in [0, 0.05) is 17.2 Å². The highest BCUT2D eigenvalue weighted by Gasteiger charge is 2.08. The Balaban J connectivity index is 1.94. The maximum Gasteiger partial charge on any atom is 0.337 e. The maximum atomic E-state index is 11.8. The second-order valence-electron chi connectivity index (χ2n) is 4.10. The van der Waals surface area contributed by atoms with Crippen molar-refractivity contribution in [3.63, 3.8) is 0 Å². The van der Waals surface area contributed by atoms with Crippen LogP contribution in [0.3, 0.4) is 0 Å². The summed E-state index contributed by atoms with van der Waals surface area (Å²) in [5.74, 6) is -0.565. The molecule has 1 aromatic heterocycles. The molecule has 2 N–H and O–H groups in total. The molecule has 6 heteroatoms.